The fourth-order valence-corrected chi connectivity index (χ4v) is 3.21. The van der Waals surface area contributed by atoms with Crippen molar-refractivity contribution in [1.29, 1.82) is 0 Å². The summed E-state index contributed by atoms with van der Waals surface area (Å²) < 4.78 is 14.4. The molecule has 0 saturated carbocycles. The molecule has 2 nitrogen and oxygen atoms in total. The highest BCUT2D eigenvalue weighted by Crippen LogP contribution is 2.32. The van der Waals surface area contributed by atoms with Crippen LogP contribution in [0.1, 0.15) is 40.0 Å². The molecule has 0 aliphatic carbocycles. The Bertz CT molecular complexity index is 460. The summed E-state index contributed by atoms with van der Waals surface area (Å²) in [7, 11) is 0. The van der Waals surface area contributed by atoms with Crippen molar-refractivity contribution in [1.82, 2.24) is 5.32 Å². The van der Waals surface area contributed by atoms with Crippen molar-refractivity contribution in [2.75, 3.05) is 18.0 Å². The maximum absolute atomic E-state index is 14.4. The lowest BCUT2D eigenvalue weighted by Crippen LogP contribution is -2.64. The van der Waals surface area contributed by atoms with Crippen LogP contribution in [0.25, 0.3) is 0 Å². The van der Waals surface area contributed by atoms with Crippen molar-refractivity contribution in [3.8, 4) is 0 Å². The van der Waals surface area contributed by atoms with Crippen LogP contribution in [-0.2, 0) is 0 Å². The Hall–Kier alpha value is -0.800. The Morgan fingerprint density at radius 2 is 2.05 bits per heavy atom. The van der Waals surface area contributed by atoms with E-state index in [2.05, 4.69) is 31.0 Å². The molecule has 4 heteroatoms. The first-order valence-corrected chi connectivity index (χ1v) is 7.90. The molecule has 0 radical (unpaired) electrons. The Kier molecular flexibility index (Phi) is 4.92. The van der Waals surface area contributed by atoms with E-state index in [0.717, 1.165) is 32.4 Å². The van der Waals surface area contributed by atoms with E-state index in [-0.39, 0.29) is 16.4 Å². The number of rotatable bonds is 4. The Balaban J connectivity index is 2.36. The number of nitrogens with one attached hydrogen (secondary N) is 1. The number of anilines is 1. The lowest BCUT2D eigenvalue weighted by atomic mass is 9.87. The monoisotopic (exact) mass is 298 g/mol. The highest BCUT2D eigenvalue weighted by Gasteiger charge is 2.37. The van der Waals surface area contributed by atoms with Gasteiger partial charge in [0.05, 0.1) is 10.7 Å². The number of hydrogen-bond donors (Lipinski definition) is 1. The van der Waals surface area contributed by atoms with Gasteiger partial charge in [-0.2, -0.15) is 0 Å². The fraction of sp³-hybridized carbons (Fsp3) is 0.625. The van der Waals surface area contributed by atoms with E-state index in [1.807, 2.05) is 12.1 Å². The van der Waals surface area contributed by atoms with E-state index < -0.39 is 0 Å². The van der Waals surface area contributed by atoms with Gasteiger partial charge in [0.1, 0.15) is 0 Å². The van der Waals surface area contributed by atoms with Crippen LogP contribution >= 0.6 is 11.6 Å². The van der Waals surface area contributed by atoms with Crippen LogP contribution in [-0.4, -0.2) is 24.7 Å². The molecule has 1 unspecified atom stereocenters. The maximum Gasteiger partial charge on any atom is 0.165 e. The normalized spacial score (nSPS) is 22.1. The van der Waals surface area contributed by atoms with Crippen molar-refractivity contribution < 1.29 is 4.39 Å². The summed E-state index contributed by atoms with van der Waals surface area (Å²) in [5.74, 6) is -0.296. The molecule has 1 aliphatic rings. The molecule has 112 valence electrons. The lowest BCUT2D eigenvalue weighted by molar-refractivity contribution is 0.245. The second-order valence-corrected chi connectivity index (χ2v) is 6.04. The van der Waals surface area contributed by atoms with Crippen molar-refractivity contribution in [3.63, 3.8) is 0 Å². The summed E-state index contributed by atoms with van der Waals surface area (Å²) in [6.45, 7) is 8.25. The molecule has 1 saturated heterocycles. The molecule has 1 atom stereocenters. The third-order valence-corrected chi connectivity index (χ3v) is 4.98. The minimum absolute atomic E-state index is 0.0699. The molecule has 0 spiro atoms. The van der Waals surface area contributed by atoms with Gasteiger partial charge in [-0.05, 0) is 31.4 Å². The van der Waals surface area contributed by atoms with Gasteiger partial charge in [0.15, 0.2) is 5.82 Å². The fourth-order valence-electron chi connectivity index (χ4n) is 3.04. The predicted octanol–water partition coefficient (Wildman–Crippen LogP) is 4.23. The molecule has 0 amide bonds. The van der Waals surface area contributed by atoms with Crippen LogP contribution < -0.4 is 10.2 Å². The van der Waals surface area contributed by atoms with Crippen molar-refractivity contribution in [2.45, 2.75) is 51.6 Å². The third kappa shape index (κ3) is 2.79. The van der Waals surface area contributed by atoms with E-state index in [4.69, 9.17) is 11.6 Å². The van der Waals surface area contributed by atoms with Crippen molar-refractivity contribution in [3.05, 3.63) is 29.0 Å². The van der Waals surface area contributed by atoms with Crippen LogP contribution in [0.15, 0.2) is 18.2 Å². The van der Waals surface area contributed by atoms with Gasteiger partial charge in [-0.15, -0.1) is 0 Å². The first-order chi connectivity index (χ1) is 9.56. The topological polar surface area (TPSA) is 15.3 Å². The molecule has 1 fully saturated rings. The quantitative estimate of drug-likeness (QED) is 0.895. The Morgan fingerprint density at radius 1 is 1.35 bits per heavy atom. The third-order valence-electron chi connectivity index (χ3n) is 4.69. The number of benzene rings is 1. The van der Waals surface area contributed by atoms with E-state index in [1.165, 1.54) is 0 Å². The lowest BCUT2D eigenvalue weighted by Gasteiger charge is -2.48. The van der Waals surface area contributed by atoms with Gasteiger partial charge in [0.2, 0.25) is 0 Å². The summed E-state index contributed by atoms with van der Waals surface area (Å²) in [5, 5.41) is 3.87. The smallest absolute Gasteiger partial charge is 0.165 e. The Morgan fingerprint density at radius 3 is 2.65 bits per heavy atom. The van der Waals surface area contributed by atoms with Gasteiger partial charge in [0, 0.05) is 24.7 Å². The number of hydrogen-bond acceptors (Lipinski definition) is 2. The van der Waals surface area contributed by atoms with Gasteiger partial charge < -0.3 is 10.2 Å². The largest absolute Gasteiger partial charge is 0.363 e. The molecule has 0 aromatic heterocycles. The SMILES string of the molecule is CCC1CNC(CC)(CC)CN1c1cccc(Cl)c1F. The zero-order chi connectivity index (χ0) is 14.8. The summed E-state index contributed by atoms with van der Waals surface area (Å²) in [5.41, 5.74) is 0.706. The van der Waals surface area contributed by atoms with E-state index in [0.29, 0.717) is 11.7 Å². The highest BCUT2D eigenvalue weighted by atomic mass is 35.5. The van der Waals surface area contributed by atoms with E-state index in [9.17, 15) is 4.39 Å². The van der Waals surface area contributed by atoms with Crippen molar-refractivity contribution in [2.24, 2.45) is 0 Å². The van der Waals surface area contributed by atoms with Gasteiger partial charge in [-0.25, -0.2) is 4.39 Å². The zero-order valence-electron chi connectivity index (χ0n) is 12.5. The molecule has 1 aromatic rings. The van der Waals surface area contributed by atoms with Crippen LogP contribution in [0.5, 0.6) is 0 Å². The number of halogens is 2. The van der Waals surface area contributed by atoms with Gasteiger partial charge in [-0.3, -0.25) is 0 Å². The van der Waals surface area contributed by atoms with Crippen LogP contribution in [0.3, 0.4) is 0 Å². The molecule has 0 bridgehead atoms. The van der Waals surface area contributed by atoms with Crippen LogP contribution in [0, 0.1) is 5.82 Å². The maximum atomic E-state index is 14.4. The molecule has 1 aliphatic heterocycles. The van der Waals surface area contributed by atoms with Crippen LogP contribution in [0.2, 0.25) is 5.02 Å². The van der Waals surface area contributed by atoms with E-state index >= 15 is 0 Å². The molecule has 1 N–H and O–H groups in total. The van der Waals surface area contributed by atoms with E-state index in [1.54, 1.807) is 6.07 Å². The molecular formula is C16H24ClFN2. The summed E-state index contributed by atoms with van der Waals surface area (Å²) in [6.07, 6.45) is 3.07. The number of nitrogens with zero attached hydrogens (tertiary/aromatic N) is 1. The van der Waals surface area contributed by atoms with Gasteiger partial charge in [-0.1, -0.05) is 38.4 Å². The van der Waals surface area contributed by atoms with Crippen molar-refractivity contribution >= 4 is 17.3 Å². The molecule has 2 rings (SSSR count). The first-order valence-electron chi connectivity index (χ1n) is 7.52. The summed E-state index contributed by atoms with van der Waals surface area (Å²) in [4.78, 5) is 2.20. The average Bonchev–Trinajstić information content (AvgIpc) is 2.49. The van der Waals surface area contributed by atoms with Gasteiger partial charge in [0.25, 0.3) is 0 Å². The zero-order valence-corrected chi connectivity index (χ0v) is 13.3. The molecule has 20 heavy (non-hydrogen) atoms. The predicted molar refractivity (Wildman–Crippen MR) is 84.2 cm³/mol. The Labute approximate surface area is 126 Å². The second-order valence-electron chi connectivity index (χ2n) is 5.63. The van der Waals surface area contributed by atoms with Crippen LogP contribution in [0.4, 0.5) is 10.1 Å². The van der Waals surface area contributed by atoms with Gasteiger partial charge >= 0.3 is 0 Å². The summed E-state index contributed by atoms with van der Waals surface area (Å²) >= 11 is 5.95. The second kappa shape index (κ2) is 6.31. The highest BCUT2D eigenvalue weighted by molar-refractivity contribution is 6.31. The number of piperazine rings is 1. The molecule has 1 aromatic carbocycles. The average molecular weight is 299 g/mol. The molecular weight excluding hydrogens is 275 g/mol. The standard InChI is InChI=1S/C16H24ClFN2/c1-4-12-10-19-16(5-2,6-3)11-20(12)14-9-7-8-13(17)15(14)18/h7-9,12,19H,4-6,10-11H2,1-3H3. The molecule has 1 heterocycles. The summed E-state index contributed by atoms with van der Waals surface area (Å²) in [6, 6.07) is 5.59. The minimum atomic E-state index is -0.296. The minimum Gasteiger partial charge on any atom is -0.363 e. The first kappa shape index (κ1) is 15.6.